The van der Waals surface area contributed by atoms with Crippen molar-refractivity contribution < 1.29 is 0 Å². The molecule has 3 aromatic rings. The van der Waals surface area contributed by atoms with Crippen LogP contribution in [0.1, 0.15) is 44.4 Å². The highest BCUT2D eigenvalue weighted by atomic mass is 32.2. The highest BCUT2D eigenvalue weighted by Gasteiger charge is 2.36. The standard InChI is InChI=1S/C28H37N3S/c1-5-30(6-2)26-18-14-24(15-19-26)28(32-22-29,23-12-10-9-11-13-23)25-16-20-27(21-17-25)31(7-3)8-4/h9-21H,5-8,22,29H2,1-4H3. The number of rotatable bonds is 11. The van der Waals surface area contributed by atoms with E-state index in [4.69, 9.17) is 5.73 Å². The van der Waals surface area contributed by atoms with Crippen molar-refractivity contribution in [1.82, 2.24) is 0 Å². The second-order valence-electron chi connectivity index (χ2n) is 7.80. The quantitative estimate of drug-likeness (QED) is 0.275. The van der Waals surface area contributed by atoms with Crippen LogP contribution in [0.25, 0.3) is 0 Å². The Hall–Kier alpha value is -2.43. The number of hydrogen-bond acceptors (Lipinski definition) is 4. The van der Waals surface area contributed by atoms with Crippen molar-refractivity contribution in [2.75, 3.05) is 41.9 Å². The summed E-state index contributed by atoms with van der Waals surface area (Å²) in [6.07, 6.45) is 0. The van der Waals surface area contributed by atoms with Gasteiger partial charge in [0.05, 0.1) is 4.75 Å². The lowest BCUT2D eigenvalue weighted by molar-refractivity contribution is 0.855. The average Bonchev–Trinajstić information content (AvgIpc) is 2.86. The zero-order valence-electron chi connectivity index (χ0n) is 19.9. The summed E-state index contributed by atoms with van der Waals surface area (Å²) in [5.41, 5.74) is 12.5. The van der Waals surface area contributed by atoms with Gasteiger partial charge in [-0.3, -0.25) is 0 Å². The van der Waals surface area contributed by atoms with Crippen molar-refractivity contribution in [1.29, 1.82) is 0 Å². The lowest BCUT2D eigenvalue weighted by Crippen LogP contribution is -2.28. The Balaban J connectivity index is 2.16. The highest BCUT2D eigenvalue weighted by Crippen LogP contribution is 2.48. The smallest absolute Gasteiger partial charge is 0.0919 e. The van der Waals surface area contributed by atoms with Crippen LogP contribution in [-0.2, 0) is 4.75 Å². The number of nitrogens with zero attached hydrogens (tertiary/aromatic N) is 2. The van der Waals surface area contributed by atoms with Gasteiger partial charge in [0.15, 0.2) is 0 Å². The van der Waals surface area contributed by atoms with Gasteiger partial charge in [-0.2, -0.15) is 0 Å². The molecule has 0 spiro atoms. The fraction of sp³-hybridized carbons (Fsp3) is 0.357. The van der Waals surface area contributed by atoms with E-state index < -0.39 is 0 Å². The van der Waals surface area contributed by atoms with Gasteiger partial charge in [-0.1, -0.05) is 54.6 Å². The molecule has 3 nitrogen and oxygen atoms in total. The van der Waals surface area contributed by atoms with Gasteiger partial charge in [-0.15, -0.1) is 11.8 Å². The summed E-state index contributed by atoms with van der Waals surface area (Å²) >= 11 is 1.79. The molecule has 0 saturated carbocycles. The van der Waals surface area contributed by atoms with Gasteiger partial charge in [0.2, 0.25) is 0 Å². The van der Waals surface area contributed by atoms with Crippen molar-refractivity contribution in [3.05, 3.63) is 95.6 Å². The molecule has 32 heavy (non-hydrogen) atoms. The lowest BCUT2D eigenvalue weighted by atomic mass is 9.83. The molecule has 0 amide bonds. The lowest BCUT2D eigenvalue weighted by Gasteiger charge is -2.36. The van der Waals surface area contributed by atoms with E-state index in [1.165, 1.54) is 28.1 Å². The van der Waals surface area contributed by atoms with Crippen LogP contribution in [0.5, 0.6) is 0 Å². The monoisotopic (exact) mass is 447 g/mol. The van der Waals surface area contributed by atoms with Gasteiger partial charge in [-0.25, -0.2) is 0 Å². The molecule has 0 unspecified atom stereocenters. The maximum Gasteiger partial charge on any atom is 0.0919 e. The molecule has 0 fully saturated rings. The zero-order chi connectivity index (χ0) is 23.0. The van der Waals surface area contributed by atoms with E-state index in [9.17, 15) is 0 Å². The molecule has 0 aliphatic heterocycles. The first-order valence-electron chi connectivity index (χ1n) is 11.7. The van der Waals surface area contributed by atoms with Crippen LogP contribution in [0, 0.1) is 0 Å². The molecule has 170 valence electrons. The number of nitrogens with two attached hydrogens (primary N) is 1. The van der Waals surface area contributed by atoms with Gasteiger partial charge >= 0.3 is 0 Å². The third kappa shape index (κ3) is 4.82. The Morgan fingerprint density at radius 2 is 0.969 bits per heavy atom. The highest BCUT2D eigenvalue weighted by molar-refractivity contribution is 8.00. The minimum absolute atomic E-state index is 0.362. The molecular weight excluding hydrogens is 410 g/mol. The van der Waals surface area contributed by atoms with Gasteiger partial charge in [0, 0.05) is 43.4 Å². The fourth-order valence-electron chi connectivity index (χ4n) is 4.54. The molecule has 0 aliphatic carbocycles. The first-order valence-corrected chi connectivity index (χ1v) is 12.7. The Kier molecular flexibility index (Phi) is 8.66. The summed E-state index contributed by atoms with van der Waals surface area (Å²) in [5, 5.41) is 0. The number of thioether (sulfide) groups is 1. The molecule has 3 rings (SSSR count). The minimum Gasteiger partial charge on any atom is -0.372 e. The summed E-state index contributed by atoms with van der Waals surface area (Å²) in [6, 6.07) is 28.9. The van der Waals surface area contributed by atoms with E-state index in [2.05, 4.69) is 116 Å². The Morgan fingerprint density at radius 1 is 0.594 bits per heavy atom. The first kappa shape index (κ1) is 24.2. The molecular formula is C28H37N3S. The third-order valence-electron chi connectivity index (χ3n) is 6.28. The molecule has 4 heteroatoms. The van der Waals surface area contributed by atoms with Crippen LogP contribution < -0.4 is 15.5 Å². The Labute approximate surface area is 198 Å². The molecule has 0 heterocycles. The van der Waals surface area contributed by atoms with Crippen molar-refractivity contribution in [3.63, 3.8) is 0 Å². The van der Waals surface area contributed by atoms with Crippen molar-refractivity contribution in [2.24, 2.45) is 5.73 Å². The maximum atomic E-state index is 6.22. The second kappa shape index (κ2) is 11.4. The van der Waals surface area contributed by atoms with E-state index in [1.54, 1.807) is 11.8 Å². The number of hydrogen-bond donors (Lipinski definition) is 1. The van der Waals surface area contributed by atoms with Crippen LogP contribution in [0.15, 0.2) is 78.9 Å². The number of benzene rings is 3. The van der Waals surface area contributed by atoms with E-state index in [0.29, 0.717) is 5.88 Å². The van der Waals surface area contributed by atoms with Crippen LogP contribution in [0.3, 0.4) is 0 Å². The Morgan fingerprint density at radius 3 is 1.31 bits per heavy atom. The molecule has 0 aromatic heterocycles. The average molecular weight is 448 g/mol. The van der Waals surface area contributed by atoms with E-state index >= 15 is 0 Å². The summed E-state index contributed by atoms with van der Waals surface area (Å²) in [6.45, 7) is 12.8. The maximum absolute atomic E-state index is 6.22. The largest absolute Gasteiger partial charge is 0.372 e. The third-order valence-corrected chi connectivity index (χ3v) is 7.59. The number of anilines is 2. The normalized spacial score (nSPS) is 11.4. The van der Waals surface area contributed by atoms with Gasteiger partial charge in [0.1, 0.15) is 0 Å². The van der Waals surface area contributed by atoms with Crippen LogP contribution in [-0.4, -0.2) is 32.1 Å². The molecule has 0 atom stereocenters. The topological polar surface area (TPSA) is 32.5 Å². The van der Waals surface area contributed by atoms with Crippen LogP contribution in [0.4, 0.5) is 11.4 Å². The predicted octanol–water partition coefficient (Wildman–Crippen LogP) is 6.32. The predicted molar refractivity (Wildman–Crippen MR) is 143 cm³/mol. The first-order chi connectivity index (χ1) is 15.6. The molecule has 0 radical (unpaired) electrons. The molecule has 0 saturated heterocycles. The summed E-state index contributed by atoms with van der Waals surface area (Å²) in [4.78, 5) is 4.76. The molecule has 2 N–H and O–H groups in total. The Bertz CT molecular complexity index is 875. The molecule has 0 aliphatic rings. The van der Waals surface area contributed by atoms with Crippen LogP contribution in [0.2, 0.25) is 0 Å². The summed E-state index contributed by atoms with van der Waals surface area (Å²) < 4.78 is -0.362. The van der Waals surface area contributed by atoms with Gasteiger partial charge < -0.3 is 15.5 Å². The molecule has 3 aromatic carbocycles. The van der Waals surface area contributed by atoms with E-state index in [1.807, 2.05) is 0 Å². The fourth-order valence-corrected chi connectivity index (χ4v) is 5.70. The zero-order valence-corrected chi connectivity index (χ0v) is 20.7. The molecule has 0 bridgehead atoms. The van der Waals surface area contributed by atoms with E-state index in [0.717, 1.165) is 26.2 Å². The summed E-state index contributed by atoms with van der Waals surface area (Å²) in [5.74, 6) is 0.532. The van der Waals surface area contributed by atoms with Gasteiger partial charge in [0.25, 0.3) is 0 Å². The SMILES string of the molecule is CCN(CC)c1ccc(C(SCN)(c2ccccc2)c2ccc(N(CC)CC)cc2)cc1. The van der Waals surface area contributed by atoms with Crippen molar-refractivity contribution in [2.45, 2.75) is 32.4 Å². The minimum atomic E-state index is -0.362. The van der Waals surface area contributed by atoms with Crippen molar-refractivity contribution in [3.8, 4) is 0 Å². The van der Waals surface area contributed by atoms with E-state index in [-0.39, 0.29) is 4.75 Å². The second-order valence-corrected chi connectivity index (χ2v) is 9.03. The summed E-state index contributed by atoms with van der Waals surface area (Å²) in [7, 11) is 0. The van der Waals surface area contributed by atoms with Crippen molar-refractivity contribution >= 4 is 23.1 Å². The van der Waals surface area contributed by atoms with Crippen LogP contribution >= 0.6 is 11.8 Å². The van der Waals surface area contributed by atoms with Gasteiger partial charge in [-0.05, 0) is 68.7 Å².